The average Bonchev–Trinajstić information content (AvgIpc) is 2.60. The van der Waals surface area contributed by atoms with Gasteiger partial charge in [-0.15, -0.1) is 0 Å². The summed E-state index contributed by atoms with van der Waals surface area (Å²) in [5, 5.41) is 12.3. The van der Waals surface area contributed by atoms with E-state index in [0.717, 1.165) is 5.56 Å². The largest absolute Gasteiger partial charge is 0.397 e. The van der Waals surface area contributed by atoms with Crippen LogP contribution >= 0.6 is 0 Å². The number of hydrogen-bond acceptors (Lipinski definition) is 5. The van der Waals surface area contributed by atoms with Crippen LogP contribution in [0.3, 0.4) is 0 Å². The van der Waals surface area contributed by atoms with Crippen LogP contribution in [0.25, 0.3) is 0 Å². The fourth-order valence-electron chi connectivity index (χ4n) is 2.30. The predicted octanol–water partition coefficient (Wildman–Crippen LogP) is 2.49. The molecule has 0 bridgehead atoms. The zero-order valence-corrected chi connectivity index (χ0v) is 12.8. The van der Waals surface area contributed by atoms with E-state index in [1.54, 1.807) is 24.3 Å². The Morgan fingerprint density at radius 1 is 1.12 bits per heavy atom. The summed E-state index contributed by atoms with van der Waals surface area (Å²) >= 11 is 0. The van der Waals surface area contributed by atoms with Gasteiger partial charge < -0.3 is 11.1 Å². The minimum Gasteiger partial charge on any atom is -0.397 e. The SMILES string of the molecule is N#Cc1cn(Cc2ccccc2)c(=O)nc1Nc1ccccc1N. The van der Waals surface area contributed by atoms with Crippen molar-refractivity contribution in [2.24, 2.45) is 0 Å². The van der Waals surface area contributed by atoms with Crippen LogP contribution in [0.4, 0.5) is 17.2 Å². The van der Waals surface area contributed by atoms with Gasteiger partial charge in [0, 0.05) is 6.20 Å². The molecule has 3 aromatic rings. The molecule has 0 aliphatic rings. The first kappa shape index (κ1) is 15.3. The van der Waals surface area contributed by atoms with Crippen LogP contribution in [0.2, 0.25) is 0 Å². The first-order valence-electron chi connectivity index (χ1n) is 7.34. The minimum atomic E-state index is -0.435. The van der Waals surface area contributed by atoms with E-state index >= 15 is 0 Å². The molecule has 1 heterocycles. The third kappa shape index (κ3) is 3.25. The van der Waals surface area contributed by atoms with Crippen molar-refractivity contribution in [3.63, 3.8) is 0 Å². The van der Waals surface area contributed by atoms with Gasteiger partial charge in [0.1, 0.15) is 11.6 Å². The topological polar surface area (TPSA) is 96.7 Å². The lowest BCUT2D eigenvalue weighted by molar-refractivity contribution is 0.727. The van der Waals surface area contributed by atoms with Gasteiger partial charge in [0.05, 0.1) is 17.9 Å². The average molecular weight is 317 g/mol. The molecule has 1 aromatic heterocycles. The molecule has 0 aliphatic heterocycles. The Hall–Kier alpha value is -3.59. The molecule has 0 atom stereocenters. The smallest absolute Gasteiger partial charge is 0.349 e. The Kier molecular flexibility index (Phi) is 4.25. The number of nitrogens with two attached hydrogens (primary N) is 1. The Morgan fingerprint density at radius 3 is 2.54 bits per heavy atom. The first-order valence-corrected chi connectivity index (χ1v) is 7.34. The summed E-state index contributed by atoms with van der Waals surface area (Å²) in [6.45, 7) is 0.356. The molecular formula is C18H15N5O. The van der Waals surface area contributed by atoms with Gasteiger partial charge >= 0.3 is 5.69 Å². The summed E-state index contributed by atoms with van der Waals surface area (Å²) in [5.41, 5.74) is 7.78. The molecule has 0 spiro atoms. The van der Waals surface area contributed by atoms with Crippen molar-refractivity contribution in [1.29, 1.82) is 5.26 Å². The normalized spacial score (nSPS) is 10.1. The summed E-state index contributed by atoms with van der Waals surface area (Å²) in [4.78, 5) is 16.3. The second-order valence-electron chi connectivity index (χ2n) is 5.22. The molecule has 0 amide bonds. The lowest BCUT2D eigenvalue weighted by atomic mass is 10.2. The van der Waals surface area contributed by atoms with Crippen molar-refractivity contribution in [3.8, 4) is 6.07 Å². The Labute approximate surface area is 138 Å². The highest BCUT2D eigenvalue weighted by Crippen LogP contribution is 2.22. The van der Waals surface area contributed by atoms with Gasteiger partial charge in [-0.2, -0.15) is 10.2 Å². The minimum absolute atomic E-state index is 0.199. The number of anilines is 3. The van der Waals surface area contributed by atoms with Crippen LogP contribution in [-0.4, -0.2) is 9.55 Å². The van der Waals surface area contributed by atoms with Crippen LogP contribution in [0.1, 0.15) is 11.1 Å². The monoisotopic (exact) mass is 317 g/mol. The molecule has 0 aliphatic carbocycles. The van der Waals surface area contributed by atoms with Crippen molar-refractivity contribution in [1.82, 2.24) is 9.55 Å². The molecule has 2 aromatic carbocycles. The number of nitrogens with zero attached hydrogens (tertiary/aromatic N) is 3. The van der Waals surface area contributed by atoms with E-state index in [0.29, 0.717) is 17.9 Å². The van der Waals surface area contributed by atoms with E-state index in [9.17, 15) is 10.1 Å². The summed E-state index contributed by atoms with van der Waals surface area (Å²) in [5.74, 6) is 0.199. The molecule has 6 nitrogen and oxygen atoms in total. The lowest BCUT2D eigenvalue weighted by Gasteiger charge is -2.11. The van der Waals surface area contributed by atoms with Crippen molar-refractivity contribution in [2.45, 2.75) is 6.54 Å². The van der Waals surface area contributed by atoms with Crippen LogP contribution < -0.4 is 16.7 Å². The van der Waals surface area contributed by atoms with E-state index in [4.69, 9.17) is 5.73 Å². The van der Waals surface area contributed by atoms with Gasteiger partial charge in [0.25, 0.3) is 0 Å². The highest BCUT2D eigenvalue weighted by Gasteiger charge is 2.10. The fourth-order valence-corrected chi connectivity index (χ4v) is 2.30. The third-order valence-electron chi connectivity index (χ3n) is 3.52. The van der Waals surface area contributed by atoms with Gasteiger partial charge in [-0.05, 0) is 17.7 Å². The fraction of sp³-hybridized carbons (Fsp3) is 0.0556. The molecule has 0 fully saturated rings. The van der Waals surface area contributed by atoms with Crippen LogP contribution in [0.5, 0.6) is 0 Å². The standard InChI is InChI=1S/C18H15N5O/c19-10-14-12-23(11-13-6-2-1-3-7-13)18(24)22-17(14)21-16-9-5-4-8-15(16)20/h1-9,12H,11,20H2,(H,21,22,24). The quantitative estimate of drug-likeness (QED) is 0.721. The maximum Gasteiger partial charge on any atom is 0.349 e. The molecule has 3 N–H and O–H groups in total. The molecule has 0 saturated carbocycles. The van der Waals surface area contributed by atoms with E-state index in [2.05, 4.69) is 16.4 Å². The Balaban J connectivity index is 1.95. The van der Waals surface area contributed by atoms with Crippen molar-refractivity contribution in [3.05, 3.63) is 82.4 Å². The van der Waals surface area contributed by atoms with E-state index in [1.165, 1.54) is 10.8 Å². The van der Waals surface area contributed by atoms with Gasteiger partial charge in [-0.1, -0.05) is 42.5 Å². The highest BCUT2D eigenvalue weighted by atomic mass is 16.1. The summed E-state index contributed by atoms with van der Waals surface area (Å²) in [7, 11) is 0. The number of rotatable bonds is 4. The summed E-state index contributed by atoms with van der Waals surface area (Å²) in [6, 6.07) is 18.7. The molecule has 0 saturated heterocycles. The predicted molar refractivity (Wildman–Crippen MR) is 92.9 cm³/mol. The number of para-hydroxylation sites is 2. The van der Waals surface area contributed by atoms with Crippen molar-refractivity contribution in [2.75, 3.05) is 11.1 Å². The van der Waals surface area contributed by atoms with Gasteiger partial charge in [0.15, 0.2) is 5.82 Å². The van der Waals surface area contributed by atoms with E-state index < -0.39 is 5.69 Å². The Morgan fingerprint density at radius 2 is 1.83 bits per heavy atom. The van der Waals surface area contributed by atoms with Crippen LogP contribution in [0, 0.1) is 11.3 Å². The number of nitrogen functional groups attached to an aromatic ring is 1. The number of nitrogens with one attached hydrogen (secondary N) is 1. The summed E-state index contributed by atoms with van der Waals surface area (Å²) < 4.78 is 1.41. The Bertz CT molecular complexity index is 957. The van der Waals surface area contributed by atoms with E-state index in [1.807, 2.05) is 30.3 Å². The van der Waals surface area contributed by atoms with Crippen molar-refractivity contribution >= 4 is 17.2 Å². The van der Waals surface area contributed by atoms with Gasteiger partial charge in [0.2, 0.25) is 0 Å². The first-order chi connectivity index (χ1) is 11.7. The number of benzene rings is 2. The molecular weight excluding hydrogens is 302 g/mol. The van der Waals surface area contributed by atoms with Gasteiger partial charge in [-0.3, -0.25) is 4.57 Å². The molecule has 6 heteroatoms. The molecule has 0 radical (unpaired) electrons. The molecule has 118 valence electrons. The van der Waals surface area contributed by atoms with Crippen LogP contribution in [-0.2, 0) is 6.54 Å². The molecule has 3 rings (SSSR count). The zero-order chi connectivity index (χ0) is 16.9. The highest BCUT2D eigenvalue weighted by molar-refractivity contribution is 5.72. The lowest BCUT2D eigenvalue weighted by Crippen LogP contribution is -2.24. The number of aromatic nitrogens is 2. The third-order valence-corrected chi connectivity index (χ3v) is 3.52. The zero-order valence-electron chi connectivity index (χ0n) is 12.8. The summed E-state index contributed by atoms with van der Waals surface area (Å²) in [6.07, 6.45) is 1.50. The van der Waals surface area contributed by atoms with Crippen molar-refractivity contribution < 1.29 is 0 Å². The molecule has 0 unspecified atom stereocenters. The number of hydrogen-bond donors (Lipinski definition) is 2. The second kappa shape index (κ2) is 6.67. The van der Waals surface area contributed by atoms with E-state index in [-0.39, 0.29) is 11.4 Å². The molecule has 24 heavy (non-hydrogen) atoms. The van der Waals surface area contributed by atoms with Gasteiger partial charge in [-0.25, -0.2) is 4.79 Å². The maximum atomic E-state index is 12.3. The second-order valence-corrected chi connectivity index (χ2v) is 5.22. The van der Waals surface area contributed by atoms with Crippen LogP contribution in [0.15, 0.2) is 65.6 Å². The number of nitriles is 1. The maximum absolute atomic E-state index is 12.3.